The molecule has 1 aromatic heterocycles. The highest BCUT2D eigenvalue weighted by molar-refractivity contribution is 7.16. The molecule has 0 saturated heterocycles. The van der Waals surface area contributed by atoms with Crippen LogP contribution in [0.25, 0.3) is 10.1 Å². The van der Waals surface area contributed by atoms with E-state index in [0.717, 1.165) is 15.9 Å². The topological polar surface area (TPSA) is 94.2 Å². The fraction of sp³-hybridized carbons (Fsp3) is 0.100. The number of hydrogen-bond acceptors (Lipinski definition) is 5. The number of carbonyl (C=O) groups excluding carboxylic acids is 1. The summed E-state index contributed by atoms with van der Waals surface area (Å²) in [6.07, 6.45) is 0. The Labute approximate surface area is 99.3 Å². The van der Waals surface area contributed by atoms with E-state index in [1.165, 1.54) is 0 Å². The fourth-order valence-corrected chi connectivity index (χ4v) is 2.29. The van der Waals surface area contributed by atoms with E-state index in [-0.39, 0.29) is 6.54 Å². The molecule has 1 heterocycles. The molecule has 88 valence electrons. The second-order valence-corrected chi connectivity index (χ2v) is 4.32. The van der Waals surface area contributed by atoms with E-state index in [4.69, 9.17) is 5.84 Å². The van der Waals surface area contributed by atoms with E-state index in [2.05, 4.69) is 0 Å². The standard InChI is InChI=1S/C10H9N3O3S/c11-12-8(14)5-13-9(15)6-3-1-2-4-7(6)17-10(13)16/h1-4H,5,11H2,(H,12,14). The van der Waals surface area contributed by atoms with Crippen LogP contribution in [0, 0.1) is 0 Å². The lowest BCUT2D eigenvalue weighted by molar-refractivity contribution is -0.121. The highest BCUT2D eigenvalue weighted by Crippen LogP contribution is 2.10. The molecule has 0 aliphatic rings. The Bertz CT molecular complexity index is 689. The molecule has 0 unspecified atom stereocenters. The summed E-state index contributed by atoms with van der Waals surface area (Å²) < 4.78 is 1.47. The van der Waals surface area contributed by atoms with Gasteiger partial charge in [0.25, 0.3) is 11.5 Å². The first-order valence-electron chi connectivity index (χ1n) is 4.75. The van der Waals surface area contributed by atoms with Gasteiger partial charge in [0, 0.05) is 4.70 Å². The maximum absolute atomic E-state index is 11.9. The summed E-state index contributed by atoms with van der Waals surface area (Å²) >= 11 is 0.922. The van der Waals surface area contributed by atoms with Crippen molar-refractivity contribution < 1.29 is 4.79 Å². The second kappa shape index (κ2) is 4.48. The number of benzene rings is 1. The van der Waals surface area contributed by atoms with Gasteiger partial charge in [-0.05, 0) is 12.1 Å². The molecule has 0 bridgehead atoms. The van der Waals surface area contributed by atoms with Crippen LogP contribution >= 0.6 is 11.3 Å². The maximum atomic E-state index is 11.9. The largest absolute Gasteiger partial charge is 0.311 e. The zero-order valence-corrected chi connectivity index (χ0v) is 9.49. The van der Waals surface area contributed by atoms with Gasteiger partial charge in [0.15, 0.2) is 0 Å². The van der Waals surface area contributed by atoms with Crippen LogP contribution in [-0.2, 0) is 11.3 Å². The molecule has 0 aliphatic carbocycles. The Balaban J connectivity index is 2.68. The number of aromatic nitrogens is 1. The number of nitrogens with one attached hydrogen (secondary N) is 1. The molecule has 0 radical (unpaired) electrons. The van der Waals surface area contributed by atoms with Crippen LogP contribution in [0.5, 0.6) is 0 Å². The normalized spacial score (nSPS) is 10.4. The zero-order valence-electron chi connectivity index (χ0n) is 8.67. The highest BCUT2D eigenvalue weighted by atomic mass is 32.1. The molecule has 2 rings (SSSR count). The number of amides is 1. The molecular weight excluding hydrogens is 242 g/mol. The van der Waals surface area contributed by atoms with E-state index in [9.17, 15) is 14.4 Å². The Morgan fingerprint density at radius 2 is 2.06 bits per heavy atom. The lowest BCUT2D eigenvalue weighted by atomic mass is 10.3. The molecule has 0 atom stereocenters. The van der Waals surface area contributed by atoms with E-state index in [0.29, 0.717) is 10.1 Å². The lowest BCUT2D eigenvalue weighted by Gasteiger charge is -2.03. The van der Waals surface area contributed by atoms with Crippen molar-refractivity contribution >= 4 is 27.3 Å². The third-order valence-electron chi connectivity index (χ3n) is 2.24. The number of fused-ring (bicyclic) bond motifs is 1. The Hall–Kier alpha value is -1.99. The predicted octanol–water partition coefficient (Wildman–Crippen LogP) is -0.587. The Morgan fingerprint density at radius 1 is 1.35 bits per heavy atom. The highest BCUT2D eigenvalue weighted by Gasteiger charge is 2.10. The predicted molar refractivity (Wildman–Crippen MR) is 64.7 cm³/mol. The summed E-state index contributed by atoms with van der Waals surface area (Å²) in [5, 5.41) is 0.418. The van der Waals surface area contributed by atoms with Crippen molar-refractivity contribution in [1.29, 1.82) is 0 Å². The minimum absolute atomic E-state index is 0.366. The number of hydrogen-bond donors (Lipinski definition) is 2. The monoisotopic (exact) mass is 251 g/mol. The van der Waals surface area contributed by atoms with Crippen molar-refractivity contribution in [3.8, 4) is 0 Å². The lowest BCUT2D eigenvalue weighted by Crippen LogP contribution is -2.40. The average Bonchev–Trinajstić information content (AvgIpc) is 2.34. The summed E-state index contributed by atoms with van der Waals surface area (Å²) in [6, 6.07) is 6.75. The fourth-order valence-electron chi connectivity index (χ4n) is 1.44. The van der Waals surface area contributed by atoms with Crippen molar-refractivity contribution in [3.63, 3.8) is 0 Å². The van der Waals surface area contributed by atoms with Crippen LogP contribution in [0.4, 0.5) is 0 Å². The first-order valence-corrected chi connectivity index (χ1v) is 5.57. The Kier molecular flexibility index (Phi) is 3.03. The molecule has 6 nitrogen and oxygen atoms in total. The molecule has 7 heteroatoms. The second-order valence-electron chi connectivity index (χ2n) is 3.32. The van der Waals surface area contributed by atoms with Crippen molar-refractivity contribution in [1.82, 2.24) is 9.99 Å². The molecule has 1 aromatic carbocycles. The third kappa shape index (κ3) is 2.10. The van der Waals surface area contributed by atoms with Crippen molar-refractivity contribution in [2.75, 3.05) is 0 Å². The smallest absolute Gasteiger partial charge is 0.293 e. The maximum Gasteiger partial charge on any atom is 0.311 e. The zero-order chi connectivity index (χ0) is 12.4. The average molecular weight is 251 g/mol. The van der Waals surface area contributed by atoms with Gasteiger partial charge in [-0.15, -0.1) is 0 Å². The minimum Gasteiger partial charge on any atom is -0.293 e. The molecule has 3 N–H and O–H groups in total. The minimum atomic E-state index is -0.591. The third-order valence-corrected chi connectivity index (χ3v) is 3.21. The van der Waals surface area contributed by atoms with Gasteiger partial charge in [-0.2, -0.15) is 0 Å². The van der Waals surface area contributed by atoms with Crippen LogP contribution in [0.3, 0.4) is 0 Å². The van der Waals surface area contributed by atoms with Crippen LogP contribution in [0.15, 0.2) is 33.9 Å². The Morgan fingerprint density at radius 3 is 2.76 bits per heavy atom. The van der Waals surface area contributed by atoms with E-state index < -0.39 is 16.3 Å². The summed E-state index contributed by atoms with van der Waals surface area (Å²) in [5.74, 6) is 4.33. The van der Waals surface area contributed by atoms with Gasteiger partial charge >= 0.3 is 4.87 Å². The molecule has 0 aliphatic heterocycles. The number of hydrazine groups is 1. The SMILES string of the molecule is NNC(=O)Cn1c(=O)sc2ccccc2c1=O. The molecule has 0 spiro atoms. The van der Waals surface area contributed by atoms with Crippen LogP contribution < -0.4 is 21.7 Å². The summed E-state index contributed by atoms with van der Waals surface area (Å²) in [4.78, 5) is 34.2. The van der Waals surface area contributed by atoms with Gasteiger partial charge in [0.2, 0.25) is 0 Å². The van der Waals surface area contributed by atoms with E-state index in [1.807, 2.05) is 5.43 Å². The van der Waals surface area contributed by atoms with Gasteiger partial charge in [-0.3, -0.25) is 24.4 Å². The van der Waals surface area contributed by atoms with Gasteiger partial charge in [-0.1, -0.05) is 23.5 Å². The quantitative estimate of drug-likeness (QED) is 0.424. The van der Waals surface area contributed by atoms with Gasteiger partial charge in [-0.25, -0.2) is 5.84 Å². The van der Waals surface area contributed by atoms with E-state index in [1.54, 1.807) is 24.3 Å². The van der Waals surface area contributed by atoms with Crippen molar-refractivity contribution in [2.24, 2.45) is 5.84 Å². The molecule has 1 amide bonds. The van der Waals surface area contributed by atoms with Crippen LogP contribution in [0.2, 0.25) is 0 Å². The van der Waals surface area contributed by atoms with Crippen molar-refractivity contribution in [3.05, 3.63) is 44.3 Å². The molecular formula is C10H9N3O3S. The number of nitrogens with two attached hydrogens (primary N) is 1. The molecule has 0 saturated carbocycles. The van der Waals surface area contributed by atoms with E-state index >= 15 is 0 Å². The molecule has 2 aromatic rings. The number of carbonyl (C=O) groups is 1. The number of rotatable bonds is 2. The molecule has 0 fully saturated rings. The van der Waals surface area contributed by atoms with Gasteiger partial charge < -0.3 is 0 Å². The van der Waals surface area contributed by atoms with Gasteiger partial charge in [0.05, 0.1) is 5.39 Å². The first kappa shape index (κ1) is 11.5. The number of nitrogens with zero attached hydrogens (tertiary/aromatic N) is 1. The van der Waals surface area contributed by atoms with Crippen LogP contribution in [0.1, 0.15) is 0 Å². The first-order chi connectivity index (χ1) is 8.13. The summed E-state index contributed by atoms with van der Waals surface area (Å²) in [6.45, 7) is -0.366. The molecule has 17 heavy (non-hydrogen) atoms. The summed E-state index contributed by atoms with van der Waals surface area (Å²) in [5.41, 5.74) is 1.40. The van der Waals surface area contributed by atoms with Crippen molar-refractivity contribution in [2.45, 2.75) is 6.54 Å². The van der Waals surface area contributed by atoms with Gasteiger partial charge in [0.1, 0.15) is 6.54 Å². The van der Waals surface area contributed by atoms with Crippen LogP contribution in [-0.4, -0.2) is 10.5 Å². The summed E-state index contributed by atoms with van der Waals surface area (Å²) in [7, 11) is 0.